The molecule has 24 heavy (non-hydrogen) atoms. The number of nitrogens with zero attached hydrogens (tertiary/aromatic N) is 2. The number of aromatic nitrogens is 1. The van der Waals surface area contributed by atoms with Gasteiger partial charge in [-0.3, -0.25) is 14.5 Å². The zero-order valence-corrected chi connectivity index (χ0v) is 13.7. The number of carbonyl (C=O) groups excluding carboxylic acids is 3. The molecule has 2 aromatic rings. The number of rotatable bonds is 5. The van der Waals surface area contributed by atoms with Gasteiger partial charge >= 0.3 is 6.09 Å². The van der Waals surface area contributed by atoms with Crippen molar-refractivity contribution in [3.8, 4) is 0 Å². The second-order valence-corrected chi connectivity index (χ2v) is 6.16. The fourth-order valence-electron chi connectivity index (χ4n) is 2.35. The summed E-state index contributed by atoms with van der Waals surface area (Å²) in [4.78, 5) is 40.6. The van der Waals surface area contributed by atoms with Crippen LogP contribution in [0, 0.1) is 0 Å². The normalized spacial score (nSPS) is 16.8. The number of amides is 2. The molecule has 1 aliphatic rings. The maximum Gasteiger partial charge on any atom is 0.414 e. The summed E-state index contributed by atoms with van der Waals surface area (Å²) in [5.74, 6) is -0.321. The van der Waals surface area contributed by atoms with Gasteiger partial charge in [0.15, 0.2) is 5.01 Å². The van der Waals surface area contributed by atoms with Crippen molar-refractivity contribution in [1.82, 2.24) is 10.3 Å². The molecule has 1 saturated heterocycles. The third kappa shape index (κ3) is 3.43. The zero-order valence-electron chi connectivity index (χ0n) is 12.9. The molecule has 2 heterocycles. The maximum atomic E-state index is 12.2. The molecule has 0 saturated carbocycles. The minimum absolute atomic E-state index is 0.149. The molecular formula is C16H15N3O4S. The number of nitrogens with one attached hydrogen (secondary N) is 1. The van der Waals surface area contributed by atoms with E-state index >= 15 is 0 Å². The highest BCUT2D eigenvalue weighted by Crippen LogP contribution is 2.23. The lowest BCUT2D eigenvalue weighted by Gasteiger charge is -2.13. The minimum atomic E-state index is -0.468. The zero-order chi connectivity index (χ0) is 17.1. The van der Waals surface area contributed by atoms with Crippen LogP contribution in [0.1, 0.15) is 22.3 Å². The van der Waals surface area contributed by atoms with Gasteiger partial charge in [0.2, 0.25) is 11.7 Å². The van der Waals surface area contributed by atoms with Gasteiger partial charge in [-0.1, -0.05) is 0 Å². The Morgan fingerprint density at radius 2 is 2.12 bits per heavy atom. The molecule has 8 heteroatoms. The molecule has 124 valence electrons. The van der Waals surface area contributed by atoms with Crippen molar-refractivity contribution in [1.29, 1.82) is 0 Å². The van der Waals surface area contributed by atoms with Crippen LogP contribution >= 0.6 is 11.3 Å². The Morgan fingerprint density at radius 1 is 1.38 bits per heavy atom. The van der Waals surface area contributed by atoms with E-state index in [1.54, 1.807) is 35.8 Å². The molecule has 1 aromatic carbocycles. The predicted molar refractivity (Wildman–Crippen MR) is 88.3 cm³/mol. The van der Waals surface area contributed by atoms with Crippen LogP contribution in [0.15, 0.2) is 35.8 Å². The second kappa shape index (κ2) is 6.79. The van der Waals surface area contributed by atoms with Crippen molar-refractivity contribution in [2.24, 2.45) is 0 Å². The molecule has 1 fully saturated rings. The largest absolute Gasteiger partial charge is 0.442 e. The number of thiazole rings is 1. The first-order valence-electron chi connectivity index (χ1n) is 7.31. The summed E-state index contributed by atoms with van der Waals surface area (Å²) in [6.45, 7) is 2.03. The van der Waals surface area contributed by atoms with Crippen molar-refractivity contribution in [2.45, 2.75) is 13.0 Å². The molecule has 1 atom stereocenters. The predicted octanol–water partition coefficient (Wildman–Crippen LogP) is 1.84. The van der Waals surface area contributed by atoms with E-state index in [9.17, 15) is 14.4 Å². The first kappa shape index (κ1) is 16.1. The first-order chi connectivity index (χ1) is 11.5. The SMILES string of the molecule is CC(=O)NC[C@H]1CN(c2ccc(C(=O)c3nccs3)cc2)C(=O)O1. The summed E-state index contributed by atoms with van der Waals surface area (Å²) in [6, 6.07) is 6.72. The van der Waals surface area contributed by atoms with Crippen molar-refractivity contribution in [3.63, 3.8) is 0 Å². The topological polar surface area (TPSA) is 88.6 Å². The van der Waals surface area contributed by atoms with Gasteiger partial charge in [-0.2, -0.15) is 0 Å². The number of cyclic esters (lactones) is 1. The number of hydrogen-bond acceptors (Lipinski definition) is 6. The summed E-state index contributed by atoms with van der Waals surface area (Å²) in [7, 11) is 0. The Hall–Kier alpha value is -2.74. The molecular weight excluding hydrogens is 330 g/mol. The quantitative estimate of drug-likeness (QED) is 0.835. The summed E-state index contributed by atoms with van der Waals surface area (Å²) in [5.41, 5.74) is 1.15. The van der Waals surface area contributed by atoms with Gasteiger partial charge < -0.3 is 10.1 Å². The molecule has 1 aromatic heterocycles. The van der Waals surface area contributed by atoms with Crippen LogP contribution in [-0.2, 0) is 9.53 Å². The first-order valence-corrected chi connectivity index (χ1v) is 8.19. The number of ketones is 1. The van der Waals surface area contributed by atoms with Gasteiger partial charge in [-0.15, -0.1) is 11.3 Å². The van der Waals surface area contributed by atoms with Gasteiger partial charge in [-0.05, 0) is 24.3 Å². The number of hydrogen-bond donors (Lipinski definition) is 1. The third-order valence-electron chi connectivity index (χ3n) is 3.52. The van der Waals surface area contributed by atoms with Crippen LogP contribution in [0.25, 0.3) is 0 Å². The molecule has 3 rings (SSSR count). The second-order valence-electron chi connectivity index (χ2n) is 5.27. The highest BCUT2D eigenvalue weighted by atomic mass is 32.1. The molecule has 0 aliphatic carbocycles. The highest BCUT2D eigenvalue weighted by molar-refractivity contribution is 7.11. The molecule has 0 spiro atoms. The summed E-state index contributed by atoms with van der Waals surface area (Å²) >= 11 is 1.28. The monoisotopic (exact) mass is 345 g/mol. The van der Waals surface area contributed by atoms with Gasteiger partial charge in [-0.25, -0.2) is 9.78 Å². The van der Waals surface area contributed by atoms with Gasteiger partial charge in [0, 0.05) is 29.8 Å². The lowest BCUT2D eigenvalue weighted by molar-refractivity contribution is -0.119. The van der Waals surface area contributed by atoms with E-state index < -0.39 is 12.2 Å². The summed E-state index contributed by atoms with van der Waals surface area (Å²) < 4.78 is 5.21. The average Bonchev–Trinajstić information content (AvgIpc) is 3.22. The summed E-state index contributed by atoms with van der Waals surface area (Å²) in [6.07, 6.45) is 0.726. The molecule has 1 N–H and O–H groups in total. The molecule has 1 aliphatic heterocycles. The van der Waals surface area contributed by atoms with Crippen molar-refractivity contribution >= 4 is 34.8 Å². The Kier molecular flexibility index (Phi) is 4.57. The lowest BCUT2D eigenvalue weighted by atomic mass is 10.1. The van der Waals surface area contributed by atoms with Crippen LogP contribution < -0.4 is 10.2 Å². The van der Waals surface area contributed by atoms with Crippen LogP contribution in [0.5, 0.6) is 0 Å². The van der Waals surface area contributed by atoms with E-state index in [2.05, 4.69) is 10.3 Å². The molecule has 0 radical (unpaired) electrons. The van der Waals surface area contributed by atoms with E-state index in [-0.39, 0.29) is 18.2 Å². The number of anilines is 1. The van der Waals surface area contributed by atoms with E-state index in [1.165, 1.54) is 23.2 Å². The van der Waals surface area contributed by atoms with Crippen LogP contribution in [0.3, 0.4) is 0 Å². The maximum absolute atomic E-state index is 12.2. The number of ether oxygens (including phenoxy) is 1. The Morgan fingerprint density at radius 3 is 2.75 bits per heavy atom. The minimum Gasteiger partial charge on any atom is -0.442 e. The van der Waals surface area contributed by atoms with E-state index in [0.717, 1.165) is 0 Å². The van der Waals surface area contributed by atoms with Crippen LogP contribution in [0.4, 0.5) is 10.5 Å². The smallest absolute Gasteiger partial charge is 0.414 e. The Balaban J connectivity index is 1.68. The average molecular weight is 345 g/mol. The molecule has 2 amide bonds. The highest BCUT2D eigenvalue weighted by Gasteiger charge is 2.32. The van der Waals surface area contributed by atoms with E-state index in [0.29, 0.717) is 22.8 Å². The Labute approximate surface area is 142 Å². The van der Waals surface area contributed by atoms with E-state index in [4.69, 9.17) is 4.74 Å². The summed E-state index contributed by atoms with van der Waals surface area (Å²) in [5, 5.41) is 4.80. The van der Waals surface area contributed by atoms with Crippen molar-refractivity contribution in [2.75, 3.05) is 18.0 Å². The Bertz CT molecular complexity index is 758. The fraction of sp³-hybridized carbons (Fsp3) is 0.250. The van der Waals surface area contributed by atoms with E-state index in [1.807, 2.05) is 0 Å². The molecule has 7 nitrogen and oxygen atoms in total. The van der Waals surface area contributed by atoms with Gasteiger partial charge in [0.05, 0.1) is 13.1 Å². The van der Waals surface area contributed by atoms with Crippen LogP contribution in [0.2, 0.25) is 0 Å². The van der Waals surface area contributed by atoms with Gasteiger partial charge in [0.25, 0.3) is 0 Å². The van der Waals surface area contributed by atoms with Crippen LogP contribution in [-0.4, -0.2) is 42.0 Å². The number of carbonyl (C=O) groups is 3. The number of benzene rings is 1. The lowest BCUT2D eigenvalue weighted by Crippen LogP contribution is -2.33. The van der Waals surface area contributed by atoms with Crippen molar-refractivity contribution in [3.05, 3.63) is 46.4 Å². The fourth-order valence-corrected chi connectivity index (χ4v) is 2.95. The molecule has 0 unspecified atom stereocenters. The van der Waals surface area contributed by atoms with Gasteiger partial charge in [0.1, 0.15) is 6.10 Å². The van der Waals surface area contributed by atoms with Crippen molar-refractivity contribution < 1.29 is 19.1 Å². The third-order valence-corrected chi connectivity index (χ3v) is 4.29. The molecule has 0 bridgehead atoms. The standard InChI is InChI=1S/C16H15N3O4S/c1-10(20)18-8-13-9-19(16(22)23-13)12-4-2-11(3-5-12)14(21)15-17-6-7-24-15/h2-7,13H,8-9H2,1H3,(H,18,20)/t13-/m0/s1.